The third-order valence-electron chi connectivity index (χ3n) is 3.99. The molecule has 1 aliphatic heterocycles. The quantitative estimate of drug-likeness (QED) is 0.376. The summed E-state index contributed by atoms with van der Waals surface area (Å²) in [6.45, 7) is -0.0587. The molecule has 0 saturated carbocycles. The molecular weight excluding hydrogens is 462 g/mol. The van der Waals surface area contributed by atoms with Gasteiger partial charge in [0, 0.05) is 35.3 Å². The van der Waals surface area contributed by atoms with Crippen LogP contribution in [0.5, 0.6) is 0 Å². The Balaban J connectivity index is 1.59. The first-order valence-electron chi connectivity index (χ1n) is 8.39. The van der Waals surface area contributed by atoms with Crippen molar-refractivity contribution in [3.63, 3.8) is 0 Å². The van der Waals surface area contributed by atoms with Crippen molar-refractivity contribution in [2.24, 2.45) is 0 Å². The Morgan fingerprint density at radius 3 is 2.52 bits per heavy atom. The summed E-state index contributed by atoms with van der Waals surface area (Å²) in [5.41, 5.74) is 1.08. The van der Waals surface area contributed by atoms with Crippen LogP contribution in [0.2, 0.25) is 0 Å². The molecule has 8 nitrogen and oxygen atoms in total. The van der Waals surface area contributed by atoms with Crippen LogP contribution in [0.25, 0.3) is 6.08 Å². The van der Waals surface area contributed by atoms with E-state index in [2.05, 4.69) is 21.2 Å². The van der Waals surface area contributed by atoms with Gasteiger partial charge < -0.3 is 5.32 Å². The molecule has 10 heteroatoms. The first kappa shape index (κ1) is 20.7. The number of amides is 3. The van der Waals surface area contributed by atoms with Gasteiger partial charge in [0.25, 0.3) is 16.8 Å². The van der Waals surface area contributed by atoms with Crippen LogP contribution in [0.3, 0.4) is 0 Å². The number of imide groups is 1. The minimum absolute atomic E-state index is 0.0587. The van der Waals surface area contributed by atoms with Crippen LogP contribution < -0.4 is 5.32 Å². The Morgan fingerprint density at radius 1 is 1.17 bits per heavy atom. The molecule has 1 saturated heterocycles. The van der Waals surface area contributed by atoms with Crippen LogP contribution >= 0.6 is 27.7 Å². The van der Waals surface area contributed by atoms with Gasteiger partial charge in [0.1, 0.15) is 0 Å². The standard InChI is InChI=1S/C19H14BrN3O5S/c20-15-4-2-1-3-12(15)11-16-18(25)22(19(26)29-16)10-9-17(24)21-13-5-7-14(8-6-13)23(27)28/h1-8,11H,9-10H2,(H,21,24)/b16-11-. The molecule has 1 N–H and O–H groups in total. The third kappa shape index (κ3) is 5.09. The van der Waals surface area contributed by atoms with Gasteiger partial charge in [0.05, 0.1) is 9.83 Å². The molecule has 3 amide bonds. The molecule has 1 heterocycles. The van der Waals surface area contributed by atoms with E-state index >= 15 is 0 Å². The van der Waals surface area contributed by atoms with Crippen molar-refractivity contribution in [2.45, 2.75) is 6.42 Å². The highest BCUT2D eigenvalue weighted by atomic mass is 79.9. The lowest BCUT2D eigenvalue weighted by molar-refractivity contribution is -0.384. The molecule has 0 spiro atoms. The van der Waals surface area contributed by atoms with Crippen LogP contribution in [0, 0.1) is 10.1 Å². The molecular formula is C19H14BrN3O5S. The van der Waals surface area contributed by atoms with E-state index in [1.807, 2.05) is 24.3 Å². The lowest BCUT2D eigenvalue weighted by Crippen LogP contribution is -2.31. The second-order valence-electron chi connectivity index (χ2n) is 5.96. The van der Waals surface area contributed by atoms with Gasteiger partial charge in [-0.2, -0.15) is 0 Å². The maximum atomic E-state index is 12.5. The number of benzene rings is 2. The van der Waals surface area contributed by atoms with Crippen LogP contribution in [-0.4, -0.2) is 33.4 Å². The Hall–Kier alpha value is -2.98. The largest absolute Gasteiger partial charge is 0.326 e. The zero-order valence-electron chi connectivity index (χ0n) is 14.8. The molecule has 2 aromatic rings. The van der Waals surface area contributed by atoms with Gasteiger partial charge >= 0.3 is 0 Å². The molecule has 0 aliphatic carbocycles. The highest BCUT2D eigenvalue weighted by Crippen LogP contribution is 2.33. The van der Waals surface area contributed by atoms with E-state index < -0.39 is 22.0 Å². The molecule has 0 radical (unpaired) electrons. The third-order valence-corrected chi connectivity index (χ3v) is 5.62. The van der Waals surface area contributed by atoms with Crippen LogP contribution in [0.4, 0.5) is 16.2 Å². The topological polar surface area (TPSA) is 110 Å². The first-order valence-corrected chi connectivity index (χ1v) is 10.0. The van der Waals surface area contributed by atoms with Crippen molar-refractivity contribution in [1.82, 2.24) is 4.90 Å². The SMILES string of the molecule is O=C(CCN1C(=O)S/C(=C\c2ccccc2Br)C1=O)Nc1ccc([N+](=O)[O-])cc1. The fourth-order valence-corrected chi connectivity index (χ4v) is 3.78. The van der Waals surface area contributed by atoms with E-state index in [9.17, 15) is 24.5 Å². The fourth-order valence-electron chi connectivity index (χ4n) is 2.53. The average molecular weight is 476 g/mol. The highest BCUT2D eigenvalue weighted by Gasteiger charge is 2.35. The number of nitrogens with one attached hydrogen (secondary N) is 1. The second kappa shape index (κ2) is 9.01. The number of halogens is 1. The van der Waals surface area contributed by atoms with E-state index in [0.29, 0.717) is 5.69 Å². The molecule has 3 rings (SSSR count). The highest BCUT2D eigenvalue weighted by molar-refractivity contribution is 9.10. The minimum Gasteiger partial charge on any atom is -0.326 e. The first-order chi connectivity index (χ1) is 13.8. The summed E-state index contributed by atoms with van der Waals surface area (Å²) in [5.74, 6) is -0.855. The van der Waals surface area contributed by atoms with Gasteiger partial charge in [-0.25, -0.2) is 0 Å². The number of hydrogen-bond acceptors (Lipinski definition) is 6. The zero-order valence-corrected chi connectivity index (χ0v) is 17.2. The summed E-state index contributed by atoms with van der Waals surface area (Å²) in [5, 5.41) is 12.8. The number of carbonyl (C=O) groups is 3. The fraction of sp³-hybridized carbons (Fsp3) is 0.105. The van der Waals surface area contributed by atoms with Gasteiger partial charge in [-0.1, -0.05) is 34.1 Å². The van der Waals surface area contributed by atoms with E-state index in [1.54, 1.807) is 6.08 Å². The number of non-ortho nitro benzene ring substituents is 1. The molecule has 148 valence electrons. The number of nitro benzene ring substituents is 1. The maximum Gasteiger partial charge on any atom is 0.293 e. The number of hydrogen-bond donors (Lipinski definition) is 1. The summed E-state index contributed by atoms with van der Waals surface area (Å²) in [7, 11) is 0. The minimum atomic E-state index is -0.535. The summed E-state index contributed by atoms with van der Waals surface area (Å²) in [6, 6.07) is 12.7. The number of rotatable bonds is 6. The van der Waals surface area contributed by atoms with Gasteiger partial charge in [-0.05, 0) is 41.6 Å². The van der Waals surface area contributed by atoms with Gasteiger partial charge in [0.15, 0.2) is 0 Å². The second-order valence-corrected chi connectivity index (χ2v) is 7.80. The maximum absolute atomic E-state index is 12.5. The summed E-state index contributed by atoms with van der Waals surface area (Å²) in [4.78, 5) is 48.2. The summed E-state index contributed by atoms with van der Waals surface area (Å²) < 4.78 is 0.800. The van der Waals surface area contributed by atoms with Crippen molar-refractivity contribution < 1.29 is 19.3 Å². The number of nitro groups is 1. The Bertz CT molecular complexity index is 1020. The zero-order chi connectivity index (χ0) is 21.0. The van der Waals surface area contributed by atoms with Crippen LogP contribution in [0.15, 0.2) is 57.9 Å². The lowest BCUT2D eigenvalue weighted by Gasteiger charge is -2.12. The smallest absolute Gasteiger partial charge is 0.293 e. The summed E-state index contributed by atoms with van der Waals surface area (Å²) >= 11 is 4.22. The molecule has 0 atom stereocenters. The molecule has 0 bridgehead atoms. The lowest BCUT2D eigenvalue weighted by atomic mass is 10.2. The molecule has 1 aliphatic rings. The molecule has 0 aromatic heterocycles. The van der Waals surface area contributed by atoms with Crippen molar-refractivity contribution in [3.8, 4) is 0 Å². The average Bonchev–Trinajstić information content (AvgIpc) is 2.95. The Morgan fingerprint density at radius 2 is 1.86 bits per heavy atom. The predicted octanol–water partition coefficient (Wildman–Crippen LogP) is 4.42. The normalized spacial score (nSPS) is 15.1. The number of nitrogens with zero attached hydrogens (tertiary/aromatic N) is 2. The molecule has 2 aromatic carbocycles. The molecule has 29 heavy (non-hydrogen) atoms. The monoisotopic (exact) mass is 475 g/mol. The van der Waals surface area contributed by atoms with Gasteiger partial charge in [-0.15, -0.1) is 0 Å². The van der Waals surface area contributed by atoms with Crippen LogP contribution in [-0.2, 0) is 9.59 Å². The van der Waals surface area contributed by atoms with E-state index in [0.717, 1.165) is 26.7 Å². The summed E-state index contributed by atoms with van der Waals surface area (Å²) in [6.07, 6.45) is 1.54. The molecule has 1 fully saturated rings. The molecule has 0 unspecified atom stereocenters. The van der Waals surface area contributed by atoms with E-state index in [4.69, 9.17) is 0 Å². The van der Waals surface area contributed by atoms with Crippen molar-refractivity contribution in [2.75, 3.05) is 11.9 Å². The van der Waals surface area contributed by atoms with Crippen molar-refractivity contribution in [3.05, 3.63) is 73.6 Å². The van der Waals surface area contributed by atoms with Gasteiger partial charge in [-0.3, -0.25) is 29.4 Å². The Labute approximate surface area is 178 Å². The van der Waals surface area contributed by atoms with Crippen molar-refractivity contribution in [1.29, 1.82) is 0 Å². The van der Waals surface area contributed by atoms with Crippen LogP contribution in [0.1, 0.15) is 12.0 Å². The van der Waals surface area contributed by atoms with Gasteiger partial charge in [0.2, 0.25) is 5.91 Å². The predicted molar refractivity (Wildman–Crippen MR) is 113 cm³/mol. The number of thioether (sulfide) groups is 1. The Kier molecular flexibility index (Phi) is 6.45. The van der Waals surface area contributed by atoms with E-state index in [-0.39, 0.29) is 23.6 Å². The van der Waals surface area contributed by atoms with E-state index in [1.165, 1.54) is 24.3 Å². The number of anilines is 1. The van der Waals surface area contributed by atoms with Crippen molar-refractivity contribution >= 4 is 62.2 Å². The number of carbonyl (C=O) groups excluding carboxylic acids is 3.